The Morgan fingerprint density at radius 1 is 1.09 bits per heavy atom. The van der Waals surface area contributed by atoms with Crippen LogP contribution >= 0.6 is 15.9 Å². The molecule has 182 valence electrons. The Morgan fingerprint density at radius 2 is 1.83 bits per heavy atom. The van der Waals surface area contributed by atoms with Gasteiger partial charge in [0.05, 0.1) is 12.8 Å². The van der Waals surface area contributed by atoms with Crippen LogP contribution in [0.1, 0.15) is 41.3 Å². The number of anilines is 1. The van der Waals surface area contributed by atoms with Gasteiger partial charge in [-0.1, -0.05) is 12.1 Å². The molecule has 35 heavy (non-hydrogen) atoms. The van der Waals surface area contributed by atoms with Crippen LogP contribution in [0.2, 0.25) is 0 Å². The highest BCUT2D eigenvalue weighted by Gasteiger charge is 2.14. The molecule has 1 fully saturated rings. The lowest BCUT2D eigenvalue weighted by Crippen LogP contribution is -2.19. The van der Waals surface area contributed by atoms with Crippen molar-refractivity contribution in [3.8, 4) is 11.5 Å². The van der Waals surface area contributed by atoms with Crippen LogP contribution in [0.3, 0.4) is 0 Å². The lowest BCUT2D eigenvalue weighted by molar-refractivity contribution is 0.0955. The molecule has 0 aliphatic carbocycles. The van der Waals surface area contributed by atoms with Gasteiger partial charge in [-0.15, -0.1) is 0 Å². The summed E-state index contributed by atoms with van der Waals surface area (Å²) in [6, 6.07) is 17.4. The second-order valence-corrected chi connectivity index (χ2v) is 8.97. The molecule has 3 aromatic carbocycles. The van der Waals surface area contributed by atoms with Gasteiger partial charge in [0.1, 0.15) is 12.4 Å². The van der Waals surface area contributed by atoms with Gasteiger partial charge < -0.3 is 14.4 Å². The van der Waals surface area contributed by atoms with Crippen LogP contribution in [0.25, 0.3) is 0 Å². The van der Waals surface area contributed by atoms with Crippen molar-refractivity contribution in [2.75, 3.05) is 24.6 Å². The number of nitrogens with zero attached hydrogens (tertiary/aromatic N) is 2. The maximum Gasteiger partial charge on any atom is 0.271 e. The van der Waals surface area contributed by atoms with Crippen molar-refractivity contribution < 1.29 is 18.7 Å². The fourth-order valence-electron chi connectivity index (χ4n) is 3.84. The van der Waals surface area contributed by atoms with Gasteiger partial charge in [-0.2, -0.15) is 5.10 Å². The predicted octanol–water partition coefficient (Wildman–Crippen LogP) is 5.93. The van der Waals surface area contributed by atoms with Gasteiger partial charge in [-0.3, -0.25) is 4.79 Å². The van der Waals surface area contributed by atoms with E-state index < -0.39 is 0 Å². The minimum atomic E-state index is -0.312. The predicted molar refractivity (Wildman–Crippen MR) is 139 cm³/mol. The Morgan fingerprint density at radius 3 is 2.54 bits per heavy atom. The van der Waals surface area contributed by atoms with Crippen LogP contribution in [-0.2, 0) is 6.61 Å². The van der Waals surface area contributed by atoms with E-state index in [0.717, 1.165) is 18.8 Å². The van der Waals surface area contributed by atoms with Crippen LogP contribution in [0.4, 0.5) is 10.1 Å². The number of ether oxygens (including phenoxy) is 2. The highest BCUT2D eigenvalue weighted by molar-refractivity contribution is 9.10. The van der Waals surface area contributed by atoms with Gasteiger partial charge in [-0.05, 0) is 89.8 Å². The van der Waals surface area contributed by atoms with Crippen LogP contribution in [0, 0.1) is 5.82 Å². The normalized spacial score (nSPS) is 13.3. The van der Waals surface area contributed by atoms with Gasteiger partial charge in [0, 0.05) is 34.4 Å². The van der Waals surface area contributed by atoms with E-state index in [4.69, 9.17) is 9.47 Å². The van der Waals surface area contributed by atoms with Crippen molar-refractivity contribution in [2.24, 2.45) is 5.10 Å². The third kappa shape index (κ3) is 6.60. The molecule has 0 unspecified atom stereocenters. The SMILES string of the molecule is CCOc1cc(/C=N\NC(=O)c2ccc(N3CCCC3)cc2)c(Br)cc1OCc1cccc(F)c1. The van der Waals surface area contributed by atoms with Gasteiger partial charge in [0.25, 0.3) is 5.91 Å². The van der Waals surface area contributed by atoms with E-state index >= 15 is 0 Å². The molecule has 0 spiro atoms. The Kier molecular flexibility index (Phi) is 8.36. The minimum absolute atomic E-state index is 0.199. The first-order chi connectivity index (χ1) is 17.0. The van der Waals surface area contributed by atoms with E-state index in [1.54, 1.807) is 30.5 Å². The first kappa shape index (κ1) is 24.7. The second-order valence-electron chi connectivity index (χ2n) is 8.11. The molecule has 0 aromatic heterocycles. The number of carbonyl (C=O) groups excluding carboxylic acids is 1. The molecule has 3 aromatic rings. The van der Waals surface area contributed by atoms with E-state index in [1.165, 1.54) is 25.0 Å². The van der Waals surface area contributed by atoms with Gasteiger partial charge in [0.15, 0.2) is 11.5 Å². The largest absolute Gasteiger partial charge is 0.490 e. The molecule has 1 heterocycles. The summed E-state index contributed by atoms with van der Waals surface area (Å²) in [6.45, 7) is 4.64. The second kappa shape index (κ2) is 11.8. The zero-order valence-corrected chi connectivity index (χ0v) is 21.1. The number of nitrogens with one attached hydrogen (secondary N) is 1. The van der Waals surface area contributed by atoms with Crippen molar-refractivity contribution in [3.63, 3.8) is 0 Å². The zero-order valence-electron chi connectivity index (χ0n) is 19.5. The van der Waals surface area contributed by atoms with E-state index in [9.17, 15) is 9.18 Å². The van der Waals surface area contributed by atoms with E-state index in [1.807, 2.05) is 31.2 Å². The molecule has 1 aliphatic heterocycles. The average molecular weight is 540 g/mol. The van der Waals surface area contributed by atoms with Crippen molar-refractivity contribution >= 4 is 33.7 Å². The summed E-state index contributed by atoms with van der Waals surface area (Å²) in [6.07, 6.45) is 3.95. The molecular weight excluding hydrogens is 513 g/mol. The van der Waals surface area contributed by atoms with Crippen molar-refractivity contribution in [3.05, 3.63) is 87.6 Å². The molecule has 1 aliphatic rings. The number of hydrazone groups is 1. The topological polar surface area (TPSA) is 63.2 Å². The maximum absolute atomic E-state index is 13.4. The number of amides is 1. The standard InChI is InChI=1S/C27H27BrFN3O3/c1-2-34-25-15-21(24(28)16-26(25)35-18-19-6-5-7-22(29)14-19)17-30-31-27(33)20-8-10-23(11-9-20)32-12-3-4-13-32/h5-11,14-17H,2-4,12-13,18H2,1H3,(H,31,33)/b30-17-. The molecule has 8 heteroatoms. The lowest BCUT2D eigenvalue weighted by Gasteiger charge is -2.17. The van der Waals surface area contributed by atoms with Crippen molar-refractivity contribution in [1.29, 1.82) is 0 Å². The molecule has 1 saturated heterocycles. The molecule has 0 saturated carbocycles. The van der Waals surface area contributed by atoms with Crippen LogP contribution < -0.4 is 19.8 Å². The minimum Gasteiger partial charge on any atom is -0.490 e. The Balaban J connectivity index is 1.40. The third-order valence-electron chi connectivity index (χ3n) is 5.62. The number of rotatable bonds is 9. The summed E-state index contributed by atoms with van der Waals surface area (Å²) in [5.74, 6) is 0.443. The van der Waals surface area contributed by atoms with E-state index in [0.29, 0.717) is 39.3 Å². The number of hydrogen-bond donors (Lipinski definition) is 1. The average Bonchev–Trinajstić information content (AvgIpc) is 3.40. The number of hydrogen-bond acceptors (Lipinski definition) is 5. The Labute approximate surface area is 212 Å². The monoisotopic (exact) mass is 539 g/mol. The number of benzene rings is 3. The summed E-state index contributed by atoms with van der Waals surface area (Å²) in [4.78, 5) is 14.8. The summed E-state index contributed by atoms with van der Waals surface area (Å²) >= 11 is 3.52. The van der Waals surface area contributed by atoms with E-state index in [-0.39, 0.29) is 18.3 Å². The summed E-state index contributed by atoms with van der Waals surface area (Å²) in [5, 5.41) is 4.11. The zero-order chi connectivity index (χ0) is 24.6. The first-order valence-electron chi connectivity index (χ1n) is 11.6. The summed E-state index contributed by atoms with van der Waals surface area (Å²) in [7, 11) is 0. The van der Waals surface area contributed by atoms with Crippen molar-refractivity contribution in [1.82, 2.24) is 5.43 Å². The van der Waals surface area contributed by atoms with Crippen LogP contribution in [0.5, 0.6) is 11.5 Å². The molecule has 0 bridgehead atoms. The molecule has 0 atom stereocenters. The van der Waals surface area contributed by atoms with Crippen molar-refractivity contribution in [2.45, 2.75) is 26.4 Å². The fourth-order valence-corrected chi connectivity index (χ4v) is 4.27. The first-order valence-corrected chi connectivity index (χ1v) is 12.3. The Hall–Kier alpha value is -3.39. The van der Waals surface area contributed by atoms with Gasteiger partial charge >= 0.3 is 0 Å². The third-order valence-corrected chi connectivity index (χ3v) is 6.30. The lowest BCUT2D eigenvalue weighted by atomic mass is 10.2. The molecule has 6 nitrogen and oxygen atoms in total. The molecule has 1 amide bonds. The molecule has 4 rings (SSSR count). The summed E-state index contributed by atoms with van der Waals surface area (Å²) < 4.78 is 25.7. The smallest absolute Gasteiger partial charge is 0.271 e. The van der Waals surface area contributed by atoms with Crippen LogP contribution in [-0.4, -0.2) is 31.8 Å². The molecule has 0 radical (unpaired) electrons. The number of halogens is 2. The molecule has 1 N–H and O–H groups in total. The Bertz CT molecular complexity index is 1190. The highest BCUT2D eigenvalue weighted by atomic mass is 79.9. The van der Waals surface area contributed by atoms with E-state index in [2.05, 4.69) is 31.4 Å². The quantitative estimate of drug-likeness (QED) is 0.270. The fraction of sp³-hybridized carbons (Fsp3) is 0.259. The highest BCUT2D eigenvalue weighted by Crippen LogP contribution is 2.34. The maximum atomic E-state index is 13.4. The molecular formula is C27H27BrFN3O3. The number of carbonyl (C=O) groups is 1. The van der Waals surface area contributed by atoms with Crippen LogP contribution in [0.15, 0.2) is 70.2 Å². The van der Waals surface area contributed by atoms with Gasteiger partial charge in [0.2, 0.25) is 0 Å². The summed E-state index contributed by atoms with van der Waals surface area (Å²) in [5.41, 5.74) is 5.66. The van der Waals surface area contributed by atoms with Gasteiger partial charge in [-0.25, -0.2) is 9.82 Å².